The Hall–Kier alpha value is -3.51. The molecule has 32 heavy (non-hydrogen) atoms. The molecule has 1 heterocycles. The van der Waals surface area contributed by atoms with Gasteiger partial charge in [0.15, 0.2) is 0 Å². The van der Waals surface area contributed by atoms with Gasteiger partial charge in [0.2, 0.25) is 5.89 Å². The van der Waals surface area contributed by atoms with E-state index in [2.05, 4.69) is 10.3 Å². The molecule has 1 N–H and O–H groups in total. The number of nitrogens with one attached hydrogen (secondary N) is 1. The van der Waals surface area contributed by atoms with E-state index in [1.54, 1.807) is 12.1 Å². The van der Waals surface area contributed by atoms with E-state index in [0.717, 1.165) is 16.9 Å². The highest BCUT2D eigenvalue weighted by Crippen LogP contribution is 2.24. The van der Waals surface area contributed by atoms with Crippen LogP contribution in [0.25, 0.3) is 11.5 Å². The lowest BCUT2D eigenvalue weighted by atomic mass is 10.1. The summed E-state index contributed by atoms with van der Waals surface area (Å²) in [6.45, 7) is 2.40. The molecule has 162 valence electrons. The Kier molecular flexibility index (Phi) is 6.92. The van der Waals surface area contributed by atoms with E-state index < -0.39 is 10.8 Å². The van der Waals surface area contributed by atoms with Gasteiger partial charge in [-0.2, -0.15) is 0 Å². The Morgan fingerprint density at radius 3 is 2.28 bits per heavy atom. The van der Waals surface area contributed by atoms with Crippen LogP contribution in [0.1, 0.15) is 27.4 Å². The lowest BCUT2D eigenvalue weighted by Gasteiger charge is -2.06. The minimum atomic E-state index is -1.19. The molecule has 0 bridgehead atoms. The van der Waals surface area contributed by atoms with Crippen molar-refractivity contribution < 1.29 is 13.4 Å². The Balaban J connectivity index is 1.38. The first-order valence-corrected chi connectivity index (χ1v) is 11.7. The van der Waals surface area contributed by atoms with Crippen LogP contribution in [0.5, 0.6) is 0 Å². The van der Waals surface area contributed by atoms with Crippen molar-refractivity contribution in [2.75, 3.05) is 6.54 Å². The third-order valence-electron chi connectivity index (χ3n) is 5.10. The second kappa shape index (κ2) is 10.2. The van der Waals surface area contributed by atoms with Gasteiger partial charge < -0.3 is 9.73 Å². The van der Waals surface area contributed by atoms with Crippen molar-refractivity contribution >= 4 is 16.7 Å². The van der Waals surface area contributed by atoms with Crippen LogP contribution in [0, 0.1) is 6.92 Å². The first-order valence-electron chi connectivity index (χ1n) is 10.4. The van der Waals surface area contributed by atoms with Crippen molar-refractivity contribution in [2.45, 2.75) is 24.0 Å². The fourth-order valence-corrected chi connectivity index (χ4v) is 4.44. The van der Waals surface area contributed by atoms with E-state index in [-0.39, 0.29) is 5.91 Å². The van der Waals surface area contributed by atoms with Gasteiger partial charge in [0.25, 0.3) is 5.91 Å². The number of aryl methyl sites for hydroxylation is 1. The number of amides is 1. The third kappa shape index (κ3) is 5.39. The maximum Gasteiger partial charge on any atom is 0.251 e. The van der Waals surface area contributed by atoms with Gasteiger partial charge in [-0.25, -0.2) is 4.98 Å². The maximum atomic E-state index is 12.6. The summed E-state index contributed by atoms with van der Waals surface area (Å²) in [6, 6.07) is 26.5. The summed E-state index contributed by atoms with van der Waals surface area (Å²) < 4.78 is 18.4. The molecule has 1 amide bonds. The number of oxazole rings is 1. The summed E-state index contributed by atoms with van der Waals surface area (Å²) in [5, 5.41) is 2.95. The smallest absolute Gasteiger partial charge is 0.251 e. The number of rotatable bonds is 8. The average molecular weight is 445 g/mol. The summed E-state index contributed by atoms with van der Waals surface area (Å²) in [7, 11) is -1.19. The second-order valence-corrected chi connectivity index (χ2v) is 8.84. The first-order chi connectivity index (χ1) is 15.6. The summed E-state index contributed by atoms with van der Waals surface area (Å²) in [4.78, 5) is 17.7. The normalized spacial score (nSPS) is 11.8. The summed E-state index contributed by atoms with van der Waals surface area (Å²) >= 11 is 0. The van der Waals surface area contributed by atoms with Crippen LogP contribution >= 0.6 is 0 Å². The van der Waals surface area contributed by atoms with Gasteiger partial charge in [-0.05, 0) is 55.3 Å². The lowest BCUT2D eigenvalue weighted by Crippen LogP contribution is -2.25. The quantitative estimate of drug-likeness (QED) is 0.418. The van der Waals surface area contributed by atoms with Crippen LogP contribution < -0.4 is 5.32 Å². The minimum Gasteiger partial charge on any atom is -0.441 e. The average Bonchev–Trinajstić information content (AvgIpc) is 3.20. The standard InChI is InChI=1S/C26H24N2O3S/c1-19-24(18-32(30)23-10-6-3-7-11-23)28-26(31-19)22-14-12-21(13-15-22)25(29)27-17-16-20-8-4-2-5-9-20/h2-15H,16-18H2,1H3,(H,27,29)/t32-/m1/s1. The van der Waals surface area contributed by atoms with Crippen molar-refractivity contribution in [1.82, 2.24) is 10.3 Å². The molecule has 1 aromatic heterocycles. The van der Waals surface area contributed by atoms with E-state index in [1.165, 1.54) is 5.56 Å². The highest BCUT2D eigenvalue weighted by Gasteiger charge is 2.15. The number of nitrogens with zero attached hydrogens (tertiary/aromatic N) is 1. The number of aromatic nitrogens is 1. The van der Waals surface area contributed by atoms with Gasteiger partial charge >= 0.3 is 0 Å². The van der Waals surface area contributed by atoms with Gasteiger partial charge in [-0.3, -0.25) is 9.00 Å². The second-order valence-electron chi connectivity index (χ2n) is 7.39. The van der Waals surface area contributed by atoms with Crippen molar-refractivity contribution in [3.63, 3.8) is 0 Å². The largest absolute Gasteiger partial charge is 0.441 e. The Morgan fingerprint density at radius 2 is 1.59 bits per heavy atom. The molecule has 0 radical (unpaired) electrons. The van der Waals surface area contributed by atoms with Gasteiger partial charge in [-0.15, -0.1) is 0 Å². The molecule has 0 spiro atoms. The van der Waals surface area contributed by atoms with Crippen molar-refractivity contribution in [2.24, 2.45) is 0 Å². The molecule has 0 fully saturated rings. The molecule has 1 atom stereocenters. The van der Waals surface area contributed by atoms with E-state index in [9.17, 15) is 9.00 Å². The number of hydrogen-bond acceptors (Lipinski definition) is 4. The summed E-state index contributed by atoms with van der Waals surface area (Å²) in [5.74, 6) is 1.28. The van der Waals surface area contributed by atoms with Crippen LogP contribution in [0.3, 0.4) is 0 Å². The maximum absolute atomic E-state index is 12.6. The minimum absolute atomic E-state index is 0.116. The Morgan fingerprint density at radius 1 is 0.938 bits per heavy atom. The molecule has 4 rings (SSSR count). The van der Waals surface area contributed by atoms with Crippen LogP contribution in [-0.4, -0.2) is 21.6 Å². The number of benzene rings is 3. The number of carbonyl (C=O) groups excluding carboxylic acids is 1. The lowest BCUT2D eigenvalue weighted by molar-refractivity contribution is 0.0954. The van der Waals surface area contributed by atoms with Crippen LogP contribution in [-0.2, 0) is 23.0 Å². The zero-order valence-corrected chi connectivity index (χ0v) is 18.6. The van der Waals surface area contributed by atoms with E-state index in [0.29, 0.717) is 35.2 Å². The molecule has 0 saturated carbocycles. The Labute approximate surface area is 190 Å². The van der Waals surface area contributed by atoms with Crippen LogP contribution in [0.15, 0.2) is 94.2 Å². The molecule has 0 unspecified atom stereocenters. The van der Waals surface area contributed by atoms with E-state index >= 15 is 0 Å². The molecule has 4 aromatic rings. The SMILES string of the molecule is Cc1oc(-c2ccc(C(=O)NCCc3ccccc3)cc2)nc1C[S@@](=O)c1ccccc1. The van der Waals surface area contributed by atoms with Crippen LogP contribution in [0.2, 0.25) is 0 Å². The number of carbonyl (C=O) groups is 1. The molecule has 6 heteroatoms. The molecule has 5 nitrogen and oxygen atoms in total. The molecule has 3 aromatic carbocycles. The molecular weight excluding hydrogens is 420 g/mol. The van der Waals surface area contributed by atoms with Crippen molar-refractivity contribution in [3.05, 3.63) is 108 Å². The third-order valence-corrected chi connectivity index (χ3v) is 6.44. The Bertz CT molecular complexity index is 1200. The highest BCUT2D eigenvalue weighted by molar-refractivity contribution is 7.84. The topological polar surface area (TPSA) is 72.2 Å². The van der Waals surface area contributed by atoms with Gasteiger partial charge in [-0.1, -0.05) is 48.5 Å². The summed E-state index contributed by atoms with van der Waals surface area (Å²) in [5.41, 5.74) is 3.21. The van der Waals surface area contributed by atoms with Gasteiger partial charge in [0, 0.05) is 22.6 Å². The van der Waals surface area contributed by atoms with E-state index in [4.69, 9.17) is 4.42 Å². The molecule has 0 aliphatic carbocycles. The molecule has 0 saturated heterocycles. The highest BCUT2D eigenvalue weighted by atomic mass is 32.2. The first kappa shape index (κ1) is 21.7. The molecular formula is C26H24N2O3S. The zero-order valence-electron chi connectivity index (χ0n) is 17.8. The fraction of sp³-hybridized carbons (Fsp3) is 0.154. The van der Waals surface area contributed by atoms with E-state index in [1.807, 2.05) is 79.7 Å². The van der Waals surface area contributed by atoms with Crippen LogP contribution in [0.4, 0.5) is 0 Å². The fourth-order valence-electron chi connectivity index (χ4n) is 3.30. The van der Waals surface area contributed by atoms with Gasteiger partial charge in [0.05, 0.1) is 22.2 Å². The summed E-state index contributed by atoms with van der Waals surface area (Å²) in [6.07, 6.45) is 0.785. The molecule has 0 aliphatic heterocycles. The monoisotopic (exact) mass is 444 g/mol. The van der Waals surface area contributed by atoms with Gasteiger partial charge in [0.1, 0.15) is 5.76 Å². The van der Waals surface area contributed by atoms with Crippen molar-refractivity contribution in [3.8, 4) is 11.5 Å². The van der Waals surface area contributed by atoms with Crippen molar-refractivity contribution in [1.29, 1.82) is 0 Å². The molecule has 0 aliphatic rings. The number of hydrogen-bond donors (Lipinski definition) is 1. The predicted octanol–water partition coefficient (Wildman–Crippen LogP) is 4.93. The predicted molar refractivity (Wildman–Crippen MR) is 126 cm³/mol. The zero-order chi connectivity index (χ0) is 22.3.